The van der Waals surface area contributed by atoms with Crippen molar-refractivity contribution in [3.63, 3.8) is 0 Å². The third-order valence-corrected chi connectivity index (χ3v) is 4.10. The number of hydrogen-bond acceptors (Lipinski definition) is 1. The van der Waals surface area contributed by atoms with Crippen molar-refractivity contribution in [3.8, 4) is 0 Å². The lowest BCUT2D eigenvalue weighted by atomic mass is 9.83. The zero-order valence-electron chi connectivity index (χ0n) is 14.4. The average Bonchev–Trinajstić information content (AvgIpc) is 2.56. The first kappa shape index (κ1) is 19.2. The molecular formula is C21H30O2. The highest BCUT2D eigenvalue weighted by Gasteiger charge is 2.17. The van der Waals surface area contributed by atoms with E-state index in [0.29, 0.717) is 6.42 Å². The SMILES string of the molecule is CC/C=C\C1(/C=C\C/C=C\CCC(CC)C(=O)O)C=CCC=C1. The third kappa shape index (κ3) is 7.32. The Bertz CT molecular complexity index is 480. The molecule has 0 bridgehead atoms. The average molecular weight is 314 g/mol. The number of rotatable bonds is 10. The van der Waals surface area contributed by atoms with Crippen molar-refractivity contribution >= 4 is 5.97 Å². The number of hydrogen-bond donors (Lipinski definition) is 1. The third-order valence-electron chi connectivity index (χ3n) is 4.10. The first-order chi connectivity index (χ1) is 11.1. The van der Waals surface area contributed by atoms with Crippen molar-refractivity contribution in [2.24, 2.45) is 11.3 Å². The first-order valence-electron chi connectivity index (χ1n) is 8.72. The van der Waals surface area contributed by atoms with Crippen molar-refractivity contribution in [1.82, 2.24) is 0 Å². The van der Waals surface area contributed by atoms with Gasteiger partial charge in [0.1, 0.15) is 0 Å². The summed E-state index contributed by atoms with van der Waals surface area (Å²) in [6.07, 6.45) is 27.2. The Kier molecular flexibility index (Phi) is 9.04. The maximum atomic E-state index is 10.9. The van der Waals surface area contributed by atoms with Gasteiger partial charge in [0.25, 0.3) is 0 Å². The van der Waals surface area contributed by atoms with Crippen LogP contribution >= 0.6 is 0 Å². The summed E-state index contributed by atoms with van der Waals surface area (Å²) >= 11 is 0. The molecule has 1 atom stereocenters. The monoisotopic (exact) mass is 314 g/mol. The molecule has 126 valence electrons. The molecule has 0 saturated carbocycles. The van der Waals surface area contributed by atoms with E-state index in [2.05, 4.69) is 67.7 Å². The van der Waals surface area contributed by atoms with Crippen molar-refractivity contribution in [2.45, 2.75) is 52.4 Å². The molecule has 0 fully saturated rings. The second kappa shape index (κ2) is 10.8. The lowest BCUT2D eigenvalue weighted by Gasteiger charge is -2.21. The molecule has 2 heteroatoms. The van der Waals surface area contributed by atoms with Crippen LogP contribution in [0.2, 0.25) is 0 Å². The number of carbonyl (C=O) groups is 1. The second-order valence-corrected chi connectivity index (χ2v) is 5.98. The van der Waals surface area contributed by atoms with Crippen LogP contribution in [0.25, 0.3) is 0 Å². The van der Waals surface area contributed by atoms with Crippen molar-refractivity contribution < 1.29 is 9.90 Å². The van der Waals surface area contributed by atoms with E-state index in [1.165, 1.54) is 0 Å². The molecule has 0 saturated heterocycles. The van der Waals surface area contributed by atoms with Gasteiger partial charge in [0.2, 0.25) is 0 Å². The zero-order chi connectivity index (χ0) is 17.0. The van der Waals surface area contributed by atoms with Gasteiger partial charge in [-0.1, -0.05) is 74.6 Å². The van der Waals surface area contributed by atoms with Gasteiger partial charge in [-0.05, 0) is 38.5 Å². The fourth-order valence-electron chi connectivity index (χ4n) is 2.64. The zero-order valence-corrected chi connectivity index (χ0v) is 14.4. The molecule has 0 aromatic rings. The molecule has 0 aromatic carbocycles. The molecule has 1 N–H and O–H groups in total. The van der Waals surface area contributed by atoms with E-state index in [1.807, 2.05) is 6.92 Å². The van der Waals surface area contributed by atoms with Gasteiger partial charge in [0.05, 0.1) is 5.92 Å². The van der Waals surface area contributed by atoms with Crippen LogP contribution in [0.15, 0.2) is 60.8 Å². The molecule has 1 unspecified atom stereocenters. The summed E-state index contributed by atoms with van der Waals surface area (Å²) in [6.45, 7) is 4.08. The van der Waals surface area contributed by atoms with Crippen LogP contribution < -0.4 is 0 Å². The van der Waals surface area contributed by atoms with Crippen LogP contribution in [0.3, 0.4) is 0 Å². The van der Waals surface area contributed by atoms with Crippen LogP contribution in [-0.2, 0) is 4.79 Å². The smallest absolute Gasteiger partial charge is 0.306 e. The van der Waals surface area contributed by atoms with Gasteiger partial charge < -0.3 is 5.11 Å². The van der Waals surface area contributed by atoms with E-state index in [1.54, 1.807) is 0 Å². The predicted octanol–water partition coefficient (Wildman–Crippen LogP) is 5.85. The highest BCUT2D eigenvalue weighted by atomic mass is 16.4. The summed E-state index contributed by atoms with van der Waals surface area (Å²) in [5.41, 5.74) is -0.0707. The van der Waals surface area contributed by atoms with Crippen LogP contribution in [0.5, 0.6) is 0 Å². The van der Waals surface area contributed by atoms with Gasteiger partial charge in [-0.2, -0.15) is 0 Å². The van der Waals surface area contributed by atoms with E-state index in [0.717, 1.165) is 32.1 Å². The first-order valence-corrected chi connectivity index (χ1v) is 8.72. The van der Waals surface area contributed by atoms with Gasteiger partial charge in [-0.25, -0.2) is 0 Å². The van der Waals surface area contributed by atoms with Crippen LogP contribution in [-0.4, -0.2) is 11.1 Å². The molecule has 0 aromatic heterocycles. The summed E-state index contributed by atoms with van der Waals surface area (Å²) in [4.78, 5) is 10.9. The molecule has 23 heavy (non-hydrogen) atoms. The minimum absolute atomic E-state index is 0.0707. The van der Waals surface area contributed by atoms with Gasteiger partial charge in [0.15, 0.2) is 0 Å². The number of aliphatic carboxylic acids is 1. The lowest BCUT2D eigenvalue weighted by molar-refractivity contribution is -0.142. The lowest BCUT2D eigenvalue weighted by Crippen LogP contribution is -2.11. The molecular weight excluding hydrogens is 284 g/mol. The van der Waals surface area contributed by atoms with Gasteiger partial charge in [-0.15, -0.1) is 0 Å². The van der Waals surface area contributed by atoms with Crippen LogP contribution in [0.1, 0.15) is 52.4 Å². The molecule has 1 rings (SSSR count). The molecule has 1 aliphatic rings. The van der Waals surface area contributed by atoms with Crippen molar-refractivity contribution in [1.29, 1.82) is 0 Å². The topological polar surface area (TPSA) is 37.3 Å². The van der Waals surface area contributed by atoms with Crippen LogP contribution in [0, 0.1) is 11.3 Å². The molecule has 0 radical (unpaired) electrons. The van der Waals surface area contributed by atoms with E-state index in [-0.39, 0.29) is 11.3 Å². The minimum Gasteiger partial charge on any atom is -0.481 e. The summed E-state index contributed by atoms with van der Waals surface area (Å²) in [6, 6.07) is 0. The van der Waals surface area contributed by atoms with E-state index >= 15 is 0 Å². The van der Waals surface area contributed by atoms with Gasteiger partial charge in [-0.3, -0.25) is 4.79 Å². The van der Waals surface area contributed by atoms with E-state index in [4.69, 9.17) is 5.11 Å². The Morgan fingerprint density at radius 2 is 1.83 bits per heavy atom. The maximum absolute atomic E-state index is 10.9. The maximum Gasteiger partial charge on any atom is 0.306 e. The highest BCUT2D eigenvalue weighted by molar-refractivity contribution is 5.69. The van der Waals surface area contributed by atoms with E-state index in [9.17, 15) is 4.79 Å². The predicted molar refractivity (Wildman–Crippen MR) is 98.3 cm³/mol. The second-order valence-electron chi connectivity index (χ2n) is 5.98. The molecule has 0 amide bonds. The number of carboxylic acids is 1. The Labute approximate surface area is 141 Å². The Morgan fingerprint density at radius 3 is 2.43 bits per heavy atom. The summed E-state index contributed by atoms with van der Waals surface area (Å²) in [5.74, 6) is -0.892. The van der Waals surface area contributed by atoms with Gasteiger partial charge >= 0.3 is 5.97 Å². The molecule has 0 aliphatic heterocycles. The summed E-state index contributed by atoms with van der Waals surface area (Å²) in [5, 5.41) is 9.00. The summed E-state index contributed by atoms with van der Waals surface area (Å²) in [7, 11) is 0. The highest BCUT2D eigenvalue weighted by Crippen LogP contribution is 2.29. The Balaban J connectivity index is 2.44. The Morgan fingerprint density at radius 1 is 1.13 bits per heavy atom. The molecule has 0 spiro atoms. The number of carboxylic acid groups (broad SMARTS) is 1. The van der Waals surface area contributed by atoms with Crippen molar-refractivity contribution in [2.75, 3.05) is 0 Å². The van der Waals surface area contributed by atoms with Crippen LogP contribution in [0.4, 0.5) is 0 Å². The minimum atomic E-state index is -0.679. The summed E-state index contributed by atoms with van der Waals surface area (Å²) < 4.78 is 0. The fourth-order valence-corrected chi connectivity index (χ4v) is 2.64. The molecule has 1 aliphatic carbocycles. The largest absolute Gasteiger partial charge is 0.481 e. The van der Waals surface area contributed by atoms with E-state index < -0.39 is 5.97 Å². The molecule has 2 nitrogen and oxygen atoms in total. The molecule has 0 heterocycles. The Hall–Kier alpha value is -1.83. The van der Waals surface area contributed by atoms with Gasteiger partial charge in [0, 0.05) is 5.41 Å². The normalized spacial score (nSPS) is 18.3. The quantitative estimate of drug-likeness (QED) is 0.514. The van der Waals surface area contributed by atoms with Crippen molar-refractivity contribution in [3.05, 3.63) is 60.8 Å². The fraction of sp³-hybridized carbons (Fsp3) is 0.476. The number of allylic oxidation sites excluding steroid dienone is 10. The standard InChI is InChI=1S/C21H30O2/c1-3-5-15-21(17-12-9-13-18-21)16-11-8-6-7-10-14-19(4-2)20(22)23/h5-7,11-13,15-19H,3-4,8-10,14H2,1-2H3,(H,22,23)/b7-6-,15-5-,16-11-.